The van der Waals surface area contributed by atoms with E-state index in [0.29, 0.717) is 0 Å². The first-order chi connectivity index (χ1) is 12.2. The van der Waals surface area contributed by atoms with Crippen LogP contribution in [0, 0.1) is 6.92 Å². The second-order valence-corrected chi connectivity index (χ2v) is 8.55. The highest BCUT2D eigenvalue weighted by atomic mass is 79.9. The summed E-state index contributed by atoms with van der Waals surface area (Å²) in [6.07, 6.45) is 3.27. The van der Waals surface area contributed by atoms with Gasteiger partial charge in [-0.2, -0.15) is 0 Å². The number of halogens is 1. The molecule has 25 heavy (non-hydrogen) atoms. The maximum Gasteiger partial charge on any atom is 0.0457 e. The lowest BCUT2D eigenvalue weighted by Gasteiger charge is -2.16. The summed E-state index contributed by atoms with van der Waals surface area (Å²) in [7, 11) is 0. The van der Waals surface area contributed by atoms with Crippen LogP contribution in [0.4, 0.5) is 0 Å². The second-order valence-electron chi connectivity index (χ2n) is 6.44. The Morgan fingerprint density at radius 2 is 1.96 bits per heavy atom. The zero-order valence-corrected chi connectivity index (χ0v) is 16.7. The van der Waals surface area contributed by atoms with E-state index >= 15 is 0 Å². The van der Waals surface area contributed by atoms with Gasteiger partial charge in [0.2, 0.25) is 0 Å². The fraction of sp³-hybridized carbons (Fsp3) is 0.182. The van der Waals surface area contributed by atoms with Crippen LogP contribution < -0.4 is 0 Å². The largest absolute Gasteiger partial charge is 0.361 e. The molecule has 0 saturated heterocycles. The van der Waals surface area contributed by atoms with E-state index in [1.807, 2.05) is 11.3 Å². The van der Waals surface area contributed by atoms with Crippen molar-refractivity contribution >= 4 is 38.2 Å². The number of hydrogen-bond donors (Lipinski definition) is 1. The predicted molar refractivity (Wildman–Crippen MR) is 112 cm³/mol. The molecule has 4 rings (SSSR count). The highest BCUT2D eigenvalue weighted by Gasteiger charge is 2.22. The highest BCUT2D eigenvalue weighted by Crippen LogP contribution is 2.40. The fourth-order valence-electron chi connectivity index (χ4n) is 3.42. The first-order valence-corrected chi connectivity index (χ1v) is 10.2. The van der Waals surface area contributed by atoms with Gasteiger partial charge in [-0.25, -0.2) is 0 Å². The molecule has 0 saturated carbocycles. The lowest BCUT2D eigenvalue weighted by Crippen LogP contribution is -2.01. The van der Waals surface area contributed by atoms with Crippen LogP contribution in [0.15, 0.2) is 65.3 Å². The Hall–Kier alpha value is -1.84. The van der Waals surface area contributed by atoms with Crippen molar-refractivity contribution in [3.8, 4) is 0 Å². The summed E-state index contributed by atoms with van der Waals surface area (Å²) in [6.45, 7) is 4.38. The number of benzene rings is 2. The lowest BCUT2D eigenvalue weighted by atomic mass is 9.89. The van der Waals surface area contributed by atoms with Gasteiger partial charge in [-0.15, -0.1) is 11.3 Å². The van der Waals surface area contributed by atoms with E-state index in [1.165, 1.54) is 37.3 Å². The van der Waals surface area contributed by atoms with Gasteiger partial charge in [0.1, 0.15) is 0 Å². The standard InChI is InChI=1S/C22H20BrNS/c1-3-17-8-10-21(25-17)22(15-5-4-6-16(23)12-15)19-13-24-20-9-7-14(2)11-18(19)20/h4-13,22,24H,3H2,1-2H3. The van der Waals surface area contributed by atoms with Crippen LogP contribution >= 0.6 is 27.3 Å². The van der Waals surface area contributed by atoms with Gasteiger partial charge in [0.25, 0.3) is 0 Å². The van der Waals surface area contributed by atoms with Crippen molar-refractivity contribution in [2.45, 2.75) is 26.2 Å². The molecule has 0 aliphatic carbocycles. The smallest absolute Gasteiger partial charge is 0.0457 e. The van der Waals surface area contributed by atoms with Gasteiger partial charge in [0.05, 0.1) is 0 Å². The molecule has 2 aromatic carbocycles. The summed E-state index contributed by atoms with van der Waals surface area (Å²) >= 11 is 5.57. The minimum absolute atomic E-state index is 0.248. The van der Waals surface area contributed by atoms with Gasteiger partial charge in [0, 0.05) is 37.2 Å². The lowest BCUT2D eigenvalue weighted by molar-refractivity contribution is 1.01. The molecule has 1 atom stereocenters. The van der Waals surface area contributed by atoms with E-state index in [0.717, 1.165) is 10.9 Å². The summed E-state index contributed by atoms with van der Waals surface area (Å²) in [5.41, 5.74) is 5.16. The summed E-state index contributed by atoms with van der Waals surface area (Å²) in [4.78, 5) is 6.30. The molecule has 0 bridgehead atoms. The Kier molecular flexibility index (Phi) is 4.53. The van der Waals surface area contributed by atoms with Crippen LogP contribution in [0.1, 0.15) is 39.3 Å². The van der Waals surface area contributed by atoms with Gasteiger partial charge in [-0.3, -0.25) is 0 Å². The van der Waals surface area contributed by atoms with Gasteiger partial charge in [0.15, 0.2) is 0 Å². The Labute approximate surface area is 160 Å². The number of rotatable bonds is 4. The van der Waals surface area contributed by atoms with Crippen LogP contribution in [-0.2, 0) is 6.42 Å². The quantitative estimate of drug-likeness (QED) is 0.371. The van der Waals surface area contributed by atoms with E-state index < -0.39 is 0 Å². The molecule has 126 valence electrons. The predicted octanol–water partition coefficient (Wildman–Crippen LogP) is 7.04. The van der Waals surface area contributed by atoms with Crippen molar-refractivity contribution in [2.75, 3.05) is 0 Å². The van der Waals surface area contributed by atoms with E-state index in [9.17, 15) is 0 Å². The molecule has 0 fully saturated rings. The van der Waals surface area contributed by atoms with Crippen molar-refractivity contribution in [1.82, 2.24) is 4.98 Å². The molecule has 0 radical (unpaired) electrons. The fourth-order valence-corrected chi connectivity index (χ4v) is 4.93. The molecule has 0 amide bonds. The Morgan fingerprint density at radius 3 is 2.72 bits per heavy atom. The number of nitrogens with one attached hydrogen (secondary N) is 1. The Balaban J connectivity index is 1.94. The van der Waals surface area contributed by atoms with Crippen LogP contribution in [0.3, 0.4) is 0 Å². The molecule has 2 aromatic heterocycles. The number of aromatic nitrogens is 1. The third-order valence-corrected chi connectivity index (χ3v) is 6.47. The molecule has 4 aromatic rings. The van der Waals surface area contributed by atoms with Gasteiger partial charge in [-0.05, 0) is 60.9 Å². The number of aryl methyl sites for hydroxylation is 2. The molecule has 0 aliphatic heterocycles. The van der Waals surface area contributed by atoms with Crippen molar-refractivity contribution in [2.24, 2.45) is 0 Å². The minimum atomic E-state index is 0.248. The third-order valence-electron chi connectivity index (χ3n) is 4.68. The maximum absolute atomic E-state index is 3.64. The number of fused-ring (bicyclic) bond motifs is 1. The van der Waals surface area contributed by atoms with E-state index in [2.05, 4.69) is 95.6 Å². The van der Waals surface area contributed by atoms with E-state index in [-0.39, 0.29) is 5.92 Å². The number of H-pyrrole nitrogens is 1. The van der Waals surface area contributed by atoms with Gasteiger partial charge in [-0.1, -0.05) is 46.6 Å². The molecular formula is C22H20BrNS. The monoisotopic (exact) mass is 409 g/mol. The summed E-state index contributed by atoms with van der Waals surface area (Å²) in [6, 6.07) is 19.9. The van der Waals surface area contributed by atoms with Crippen LogP contribution in [-0.4, -0.2) is 4.98 Å². The van der Waals surface area contributed by atoms with E-state index in [4.69, 9.17) is 0 Å². The molecule has 1 unspecified atom stereocenters. The number of aromatic amines is 1. The number of hydrogen-bond acceptors (Lipinski definition) is 1. The van der Waals surface area contributed by atoms with Crippen LogP contribution in [0.5, 0.6) is 0 Å². The average Bonchev–Trinajstić information content (AvgIpc) is 3.23. The van der Waals surface area contributed by atoms with E-state index in [1.54, 1.807) is 0 Å². The molecule has 1 nitrogen and oxygen atoms in total. The van der Waals surface area contributed by atoms with Crippen molar-refractivity contribution < 1.29 is 0 Å². The highest BCUT2D eigenvalue weighted by molar-refractivity contribution is 9.10. The van der Waals surface area contributed by atoms with Crippen LogP contribution in [0.25, 0.3) is 10.9 Å². The average molecular weight is 410 g/mol. The molecule has 3 heteroatoms. The molecule has 0 spiro atoms. The molecular weight excluding hydrogens is 390 g/mol. The first kappa shape index (κ1) is 16.6. The SMILES string of the molecule is CCc1ccc(C(c2cccc(Br)c2)c2c[nH]c3ccc(C)cc23)s1. The molecule has 2 heterocycles. The maximum atomic E-state index is 3.64. The zero-order chi connectivity index (χ0) is 17.4. The second kappa shape index (κ2) is 6.81. The first-order valence-electron chi connectivity index (χ1n) is 8.57. The minimum Gasteiger partial charge on any atom is -0.361 e. The summed E-state index contributed by atoms with van der Waals surface area (Å²) in [5, 5.41) is 1.32. The van der Waals surface area contributed by atoms with Crippen LogP contribution in [0.2, 0.25) is 0 Å². The van der Waals surface area contributed by atoms with Crippen molar-refractivity contribution in [3.05, 3.63) is 91.7 Å². The summed E-state index contributed by atoms with van der Waals surface area (Å²) < 4.78 is 1.12. The molecule has 0 aliphatic rings. The van der Waals surface area contributed by atoms with Crippen molar-refractivity contribution in [1.29, 1.82) is 0 Å². The molecule has 1 N–H and O–H groups in total. The number of thiophene rings is 1. The summed E-state index contributed by atoms with van der Waals surface area (Å²) in [5.74, 6) is 0.248. The zero-order valence-electron chi connectivity index (χ0n) is 14.3. The normalized spacial score (nSPS) is 12.6. The Morgan fingerprint density at radius 1 is 1.08 bits per heavy atom. The van der Waals surface area contributed by atoms with Crippen molar-refractivity contribution in [3.63, 3.8) is 0 Å². The van der Waals surface area contributed by atoms with Gasteiger partial charge < -0.3 is 4.98 Å². The van der Waals surface area contributed by atoms with Gasteiger partial charge >= 0.3 is 0 Å². The third kappa shape index (κ3) is 3.19. The topological polar surface area (TPSA) is 15.8 Å². The Bertz CT molecular complexity index is 1030.